The van der Waals surface area contributed by atoms with E-state index in [-0.39, 0.29) is 18.9 Å². The molecule has 0 aromatic heterocycles. The lowest BCUT2D eigenvalue weighted by atomic mass is 9.97. The van der Waals surface area contributed by atoms with Crippen LogP contribution >= 0.6 is 0 Å². The molecule has 97 heavy (non-hydrogen) atoms. The summed E-state index contributed by atoms with van der Waals surface area (Å²) >= 11 is 0. The van der Waals surface area contributed by atoms with Crippen LogP contribution in [0.4, 0.5) is 0 Å². The number of unbranched alkanes of at least 4 members (excludes halogenated alkanes) is 60. The topological polar surface area (TPSA) is 228 Å². The number of aliphatic hydroxyl groups excluding tert-OH is 8. The zero-order valence-electron chi connectivity index (χ0n) is 63.4. The first kappa shape index (κ1) is 91.8. The van der Waals surface area contributed by atoms with Crippen LogP contribution in [-0.4, -0.2) is 140 Å². The molecule has 0 radical (unpaired) electrons. The first-order valence-corrected chi connectivity index (χ1v) is 42.4. The van der Waals surface area contributed by atoms with Gasteiger partial charge in [0, 0.05) is 6.42 Å². The van der Waals surface area contributed by atoms with Crippen LogP contribution in [0.5, 0.6) is 0 Å². The van der Waals surface area contributed by atoms with Crippen LogP contribution in [-0.2, 0) is 23.7 Å². The number of carbonyl (C=O) groups is 1. The second-order valence-corrected chi connectivity index (χ2v) is 30.3. The minimum absolute atomic E-state index is 0.228. The average Bonchev–Trinajstić information content (AvgIpc) is 0.826. The minimum Gasteiger partial charge on any atom is -0.394 e. The van der Waals surface area contributed by atoms with Gasteiger partial charge in [0.2, 0.25) is 5.91 Å². The van der Waals surface area contributed by atoms with Crippen molar-refractivity contribution in [3.8, 4) is 0 Å². The summed E-state index contributed by atoms with van der Waals surface area (Å²) in [4.78, 5) is 13.4. The predicted octanol–water partition coefficient (Wildman–Crippen LogP) is 19.6. The van der Waals surface area contributed by atoms with Crippen LogP contribution in [0.2, 0.25) is 0 Å². The Morgan fingerprint density at radius 1 is 0.361 bits per heavy atom. The molecule has 0 bridgehead atoms. The lowest BCUT2D eigenvalue weighted by Crippen LogP contribution is -2.65. The van der Waals surface area contributed by atoms with E-state index in [1.165, 1.54) is 353 Å². The highest BCUT2D eigenvalue weighted by Gasteiger charge is 2.51. The first-order valence-electron chi connectivity index (χ1n) is 42.4. The number of hydrogen-bond acceptors (Lipinski definition) is 13. The van der Waals surface area contributed by atoms with Gasteiger partial charge >= 0.3 is 0 Å². The lowest BCUT2D eigenvalue weighted by Gasteiger charge is -2.46. The van der Waals surface area contributed by atoms with Crippen LogP contribution in [0.1, 0.15) is 418 Å². The van der Waals surface area contributed by atoms with Crippen molar-refractivity contribution in [3.05, 3.63) is 12.2 Å². The fourth-order valence-corrected chi connectivity index (χ4v) is 14.5. The van der Waals surface area contributed by atoms with Gasteiger partial charge in [-0.2, -0.15) is 0 Å². The van der Waals surface area contributed by atoms with Crippen LogP contribution in [0.25, 0.3) is 0 Å². The minimum atomic E-state index is -1.79. The van der Waals surface area contributed by atoms with Gasteiger partial charge in [-0.1, -0.05) is 405 Å². The SMILES string of the molecule is CCCCCCCCCCCCCCCCCCCCCCCCCCC/C=C/C(O)C(COC1OC(CO)C(OC2OC(CO)C(O)C(O)C2O)C(O)C1O)NC(=O)CCCCCCCCCCCCCCCCCCCCCCCCCCCCCCCCCCCCCC. The normalized spacial score (nSPS) is 22.1. The molecule has 0 aromatic carbocycles. The Morgan fingerprint density at radius 2 is 0.639 bits per heavy atom. The highest BCUT2D eigenvalue weighted by atomic mass is 16.7. The highest BCUT2D eigenvalue weighted by Crippen LogP contribution is 2.31. The molecule has 9 N–H and O–H groups in total. The van der Waals surface area contributed by atoms with Gasteiger partial charge in [0.1, 0.15) is 48.8 Å². The van der Waals surface area contributed by atoms with Crippen molar-refractivity contribution in [2.45, 2.75) is 492 Å². The van der Waals surface area contributed by atoms with E-state index in [2.05, 4.69) is 19.2 Å². The summed E-state index contributed by atoms with van der Waals surface area (Å²) in [6.07, 6.45) is 70.3. The van der Waals surface area contributed by atoms with Crippen LogP contribution in [0.15, 0.2) is 12.2 Å². The third-order valence-corrected chi connectivity index (χ3v) is 21.2. The third kappa shape index (κ3) is 50.7. The van der Waals surface area contributed by atoms with Crippen molar-refractivity contribution < 1.29 is 64.6 Å². The molecule has 0 saturated carbocycles. The van der Waals surface area contributed by atoms with Crippen molar-refractivity contribution in [1.82, 2.24) is 5.32 Å². The molecular weight excluding hydrogens is 1220 g/mol. The molecule has 2 heterocycles. The van der Waals surface area contributed by atoms with Gasteiger partial charge in [-0.3, -0.25) is 4.79 Å². The standard InChI is InChI=1S/C83H161NO13/c1-3-5-7-9-11-13-15-17-19-21-23-25-27-29-31-32-33-34-35-36-37-38-39-41-43-45-47-49-51-53-55-57-59-61-63-65-67-75(88)84-71(70-94-82-80(93)78(91)81(74(69-86)96-82)97-83-79(92)77(90)76(89)73(68-85)95-83)72(87)66-64-62-60-58-56-54-52-50-48-46-44-42-40-30-28-26-24-22-20-18-16-14-12-10-8-6-4-2/h64,66,71-74,76-83,85-87,89-93H,3-63,65,67-70H2,1-2H3,(H,84,88)/b66-64+. The number of nitrogens with one attached hydrogen (secondary N) is 1. The van der Waals surface area contributed by atoms with E-state index in [0.717, 1.165) is 44.9 Å². The van der Waals surface area contributed by atoms with Gasteiger partial charge in [-0.15, -0.1) is 0 Å². The highest BCUT2D eigenvalue weighted by molar-refractivity contribution is 5.76. The van der Waals surface area contributed by atoms with Gasteiger partial charge in [0.25, 0.3) is 0 Å². The van der Waals surface area contributed by atoms with Crippen LogP contribution in [0, 0.1) is 0 Å². The molecule has 0 spiro atoms. The number of carbonyl (C=O) groups excluding carboxylic acids is 1. The molecule has 0 aromatic rings. The molecule has 1 amide bonds. The van der Waals surface area contributed by atoms with Gasteiger partial charge in [0.15, 0.2) is 12.6 Å². The quantitative estimate of drug-likeness (QED) is 0.0204. The van der Waals surface area contributed by atoms with Gasteiger partial charge in [-0.25, -0.2) is 0 Å². The Morgan fingerprint density at radius 3 is 0.948 bits per heavy atom. The largest absolute Gasteiger partial charge is 0.394 e. The Labute approximate surface area is 596 Å². The molecular formula is C83H161NO13. The Hall–Kier alpha value is -1.27. The molecule has 12 atom stereocenters. The van der Waals surface area contributed by atoms with Gasteiger partial charge in [-0.05, 0) is 19.3 Å². The molecule has 2 fully saturated rings. The molecule has 2 saturated heterocycles. The van der Waals surface area contributed by atoms with Crippen molar-refractivity contribution in [3.63, 3.8) is 0 Å². The van der Waals surface area contributed by atoms with Gasteiger partial charge < -0.3 is 65.1 Å². The maximum atomic E-state index is 13.4. The lowest BCUT2D eigenvalue weighted by molar-refractivity contribution is -0.359. The maximum absolute atomic E-state index is 13.4. The summed E-state index contributed by atoms with van der Waals surface area (Å²) in [6.45, 7) is 2.89. The monoisotopic (exact) mass is 1380 g/mol. The van der Waals surface area contributed by atoms with Crippen molar-refractivity contribution in [2.75, 3.05) is 19.8 Å². The second-order valence-electron chi connectivity index (χ2n) is 30.3. The zero-order valence-corrected chi connectivity index (χ0v) is 63.4. The zero-order chi connectivity index (χ0) is 70.1. The van der Waals surface area contributed by atoms with E-state index in [0.29, 0.717) is 0 Å². The van der Waals surface area contributed by atoms with E-state index in [1.807, 2.05) is 6.08 Å². The van der Waals surface area contributed by atoms with Crippen LogP contribution in [0.3, 0.4) is 0 Å². The summed E-state index contributed by atoms with van der Waals surface area (Å²) in [5.74, 6) is -0.228. The first-order chi connectivity index (χ1) is 47.6. The summed E-state index contributed by atoms with van der Waals surface area (Å²) in [6, 6.07) is -0.913. The summed E-state index contributed by atoms with van der Waals surface area (Å²) in [5, 5.41) is 87.8. The molecule has 12 unspecified atom stereocenters. The van der Waals surface area contributed by atoms with Crippen molar-refractivity contribution in [1.29, 1.82) is 0 Å². The third-order valence-electron chi connectivity index (χ3n) is 21.2. The number of aliphatic hydroxyl groups is 8. The molecule has 0 aliphatic carbocycles. The number of ether oxygens (including phenoxy) is 4. The molecule has 2 rings (SSSR count). The number of hydrogen-bond donors (Lipinski definition) is 9. The fraction of sp³-hybridized carbons (Fsp3) is 0.964. The van der Waals surface area contributed by atoms with E-state index in [9.17, 15) is 45.6 Å². The van der Waals surface area contributed by atoms with Crippen LogP contribution < -0.4 is 5.32 Å². The van der Waals surface area contributed by atoms with E-state index >= 15 is 0 Å². The molecule has 576 valence electrons. The number of allylic oxidation sites excluding steroid dienone is 1. The summed E-state index contributed by atoms with van der Waals surface area (Å²) in [5.41, 5.74) is 0. The van der Waals surface area contributed by atoms with E-state index in [1.54, 1.807) is 6.08 Å². The van der Waals surface area contributed by atoms with Crippen molar-refractivity contribution in [2.24, 2.45) is 0 Å². The molecule has 2 aliphatic heterocycles. The average molecular weight is 1380 g/mol. The predicted molar refractivity (Wildman–Crippen MR) is 402 cm³/mol. The molecule has 14 heteroatoms. The summed E-state index contributed by atoms with van der Waals surface area (Å²) in [7, 11) is 0. The molecule has 14 nitrogen and oxygen atoms in total. The Bertz CT molecular complexity index is 1680. The van der Waals surface area contributed by atoms with E-state index in [4.69, 9.17) is 18.9 Å². The van der Waals surface area contributed by atoms with E-state index < -0.39 is 86.8 Å². The Balaban J connectivity index is 1.58. The van der Waals surface area contributed by atoms with Gasteiger partial charge in [0.05, 0.1) is 32.0 Å². The van der Waals surface area contributed by atoms with Crippen molar-refractivity contribution >= 4 is 5.91 Å². The maximum Gasteiger partial charge on any atom is 0.220 e. The Kier molecular flexibility index (Phi) is 64.2. The second kappa shape index (κ2) is 67.9. The number of amides is 1. The fourth-order valence-electron chi connectivity index (χ4n) is 14.5. The number of rotatable bonds is 73. The summed E-state index contributed by atoms with van der Waals surface area (Å²) < 4.78 is 22.9. The molecule has 2 aliphatic rings. The smallest absolute Gasteiger partial charge is 0.220 e.